The number of H-pyrrole nitrogens is 1. The molecule has 3 fully saturated rings. The van der Waals surface area contributed by atoms with E-state index in [9.17, 15) is 18.0 Å². The number of benzene rings is 1. The molecular weight excluding hydrogens is 550 g/mol. The number of rotatable bonds is 6. The Hall–Kier alpha value is -3.69. The van der Waals surface area contributed by atoms with Gasteiger partial charge < -0.3 is 25.6 Å². The molecule has 3 saturated heterocycles. The minimum atomic E-state index is -3.24. The lowest BCUT2D eigenvalue weighted by atomic mass is 9.95. The maximum atomic E-state index is 13.9. The Kier molecular flexibility index (Phi) is 8.20. The van der Waals surface area contributed by atoms with E-state index in [4.69, 9.17) is 16.2 Å². The maximum Gasteiger partial charge on any atom is 0.409 e. The minimum absolute atomic E-state index is 0.0261. The van der Waals surface area contributed by atoms with Gasteiger partial charge in [0, 0.05) is 63.5 Å². The molecule has 222 valence electrons. The average Bonchev–Trinajstić information content (AvgIpc) is 3.60. The van der Waals surface area contributed by atoms with E-state index in [0.717, 1.165) is 11.3 Å². The number of aromatic nitrogens is 2. The molecule has 0 bridgehead atoms. The molecule has 4 heterocycles. The summed E-state index contributed by atoms with van der Waals surface area (Å²) in [5.41, 5.74) is 7.71. The van der Waals surface area contributed by atoms with Crippen LogP contribution in [0.3, 0.4) is 0 Å². The molecule has 2 atom stereocenters. The van der Waals surface area contributed by atoms with E-state index >= 15 is 0 Å². The van der Waals surface area contributed by atoms with Gasteiger partial charge in [0.2, 0.25) is 15.9 Å². The third-order valence-corrected chi connectivity index (χ3v) is 9.67. The number of sulfonamides is 1. The van der Waals surface area contributed by atoms with Crippen LogP contribution in [0.5, 0.6) is 0 Å². The Labute approximate surface area is 239 Å². The number of piperazine rings is 1. The van der Waals surface area contributed by atoms with Crippen molar-refractivity contribution >= 4 is 33.7 Å². The van der Waals surface area contributed by atoms with Crippen molar-refractivity contribution in [2.24, 2.45) is 11.7 Å². The van der Waals surface area contributed by atoms with Crippen LogP contribution >= 0.6 is 0 Å². The number of piperidine rings is 1. The number of amides is 2. The monoisotopic (exact) mass is 587 g/mol. The lowest BCUT2D eigenvalue weighted by molar-refractivity contribution is -0.138. The highest BCUT2D eigenvalue weighted by atomic mass is 32.2. The lowest BCUT2D eigenvalue weighted by Gasteiger charge is -2.37. The SMILES string of the molecule is CS(=O)(=O)N1CCN([C@H]2C[C@@H](c3ncc(-c4ccc(NC(=O)O)cc4)[nH]3)N(C(=O)C3CCN(C(=N)N)CC3)C2)CC1. The Morgan fingerprint density at radius 1 is 1.10 bits per heavy atom. The van der Waals surface area contributed by atoms with Crippen molar-refractivity contribution in [2.45, 2.75) is 31.3 Å². The predicted octanol–water partition coefficient (Wildman–Crippen LogP) is 0.991. The Morgan fingerprint density at radius 3 is 2.34 bits per heavy atom. The number of guanidine groups is 1. The molecule has 2 aromatic rings. The smallest absolute Gasteiger partial charge is 0.409 e. The van der Waals surface area contributed by atoms with Gasteiger partial charge in [0.05, 0.1) is 24.2 Å². The first-order chi connectivity index (χ1) is 19.5. The van der Waals surface area contributed by atoms with Crippen LogP contribution in [0.2, 0.25) is 0 Å². The molecule has 6 N–H and O–H groups in total. The van der Waals surface area contributed by atoms with Crippen molar-refractivity contribution in [3.05, 3.63) is 36.3 Å². The number of nitrogens with two attached hydrogens (primary N) is 1. The minimum Gasteiger partial charge on any atom is -0.465 e. The first-order valence-electron chi connectivity index (χ1n) is 13.7. The van der Waals surface area contributed by atoms with Crippen LogP contribution < -0.4 is 11.1 Å². The average molecular weight is 588 g/mol. The molecule has 15 heteroatoms. The highest BCUT2D eigenvalue weighted by Gasteiger charge is 2.43. The summed E-state index contributed by atoms with van der Waals surface area (Å²) in [7, 11) is -3.24. The van der Waals surface area contributed by atoms with E-state index in [1.54, 1.807) is 35.4 Å². The number of imidazole rings is 1. The molecule has 3 aliphatic rings. The third-order valence-electron chi connectivity index (χ3n) is 8.36. The fourth-order valence-electron chi connectivity index (χ4n) is 6.09. The van der Waals surface area contributed by atoms with Gasteiger partial charge in [0.1, 0.15) is 5.82 Å². The van der Waals surface area contributed by atoms with Crippen molar-refractivity contribution in [3.8, 4) is 11.3 Å². The van der Waals surface area contributed by atoms with E-state index in [-0.39, 0.29) is 29.9 Å². The van der Waals surface area contributed by atoms with Crippen LogP contribution in [-0.2, 0) is 14.8 Å². The standard InChI is InChI=1S/C26H37N9O5S/c1-41(39,40)34-12-10-32(11-13-34)20-14-22(35(16-20)24(36)18-6-8-33(9-7-18)25(27)28)23-29-15-21(31-23)17-2-4-19(5-3-17)30-26(37)38/h2-5,15,18,20,22,30H,6-14,16H2,1H3,(H3,27,28)(H,29,31)(H,37,38)/t20-,22-/m0/s1. The van der Waals surface area contributed by atoms with Crippen molar-refractivity contribution in [1.82, 2.24) is 29.0 Å². The van der Waals surface area contributed by atoms with Crippen molar-refractivity contribution in [3.63, 3.8) is 0 Å². The fourth-order valence-corrected chi connectivity index (χ4v) is 6.92. The number of carbonyl (C=O) groups excluding carboxylic acids is 1. The zero-order valence-electron chi connectivity index (χ0n) is 23.0. The quantitative estimate of drug-likeness (QED) is 0.242. The van der Waals surface area contributed by atoms with Crippen LogP contribution in [-0.4, -0.2) is 119 Å². The normalized spacial score (nSPS) is 23.0. The molecule has 0 saturated carbocycles. The Balaban J connectivity index is 1.34. The molecular formula is C26H37N9O5S. The van der Waals surface area contributed by atoms with Gasteiger partial charge in [-0.25, -0.2) is 18.2 Å². The Morgan fingerprint density at radius 2 is 1.76 bits per heavy atom. The zero-order valence-corrected chi connectivity index (χ0v) is 23.8. The first kappa shape index (κ1) is 28.8. The van der Waals surface area contributed by atoms with E-state index in [1.165, 1.54) is 10.6 Å². The van der Waals surface area contributed by atoms with E-state index < -0.39 is 16.1 Å². The van der Waals surface area contributed by atoms with Gasteiger partial charge >= 0.3 is 6.09 Å². The van der Waals surface area contributed by atoms with Crippen molar-refractivity contribution in [1.29, 1.82) is 5.41 Å². The van der Waals surface area contributed by atoms with Gasteiger partial charge in [-0.2, -0.15) is 4.31 Å². The molecule has 0 radical (unpaired) electrons. The third kappa shape index (κ3) is 6.47. The van der Waals surface area contributed by atoms with Gasteiger partial charge in [0.15, 0.2) is 5.96 Å². The molecule has 1 aromatic carbocycles. The molecule has 0 aliphatic carbocycles. The Bertz CT molecular complexity index is 1380. The molecule has 5 rings (SSSR count). The number of nitrogens with zero attached hydrogens (tertiary/aromatic N) is 5. The van der Waals surface area contributed by atoms with Crippen LogP contribution in [0, 0.1) is 11.3 Å². The molecule has 41 heavy (non-hydrogen) atoms. The second-order valence-corrected chi connectivity index (χ2v) is 12.9. The van der Waals surface area contributed by atoms with Gasteiger partial charge in [-0.05, 0) is 37.0 Å². The second kappa shape index (κ2) is 11.7. The fraction of sp³-hybridized carbons (Fsp3) is 0.538. The summed E-state index contributed by atoms with van der Waals surface area (Å²) in [5.74, 6) is 0.604. The highest BCUT2D eigenvalue weighted by molar-refractivity contribution is 7.88. The molecule has 14 nitrogen and oxygen atoms in total. The number of likely N-dealkylation sites (tertiary alicyclic amines) is 2. The number of carbonyl (C=O) groups is 2. The van der Waals surface area contributed by atoms with Gasteiger partial charge in [-0.3, -0.25) is 20.4 Å². The summed E-state index contributed by atoms with van der Waals surface area (Å²) in [6.45, 7) is 3.72. The largest absolute Gasteiger partial charge is 0.465 e. The molecule has 3 aliphatic heterocycles. The summed E-state index contributed by atoms with van der Waals surface area (Å²) >= 11 is 0. The van der Waals surface area contributed by atoms with Crippen LogP contribution in [0.4, 0.5) is 10.5 Å². The van der Waals surface area contributed by atoms with Gasteiger partial charge in [0.25, 0.3) is 0 Å². The summed E-state index contributed by atoms with van der Waals surface area (Å²) in [4.78, 5) is 38.8. The summed E-state index contributed by atoms with van der Waals surface area (Å²) in [6, 6.07) is 6.75. The second-order valence-electron chi connectivity index (χ2n) is 10.9. The van der Waals surface area contributed by atoms with Gasteiger partial charge in [-0.1, -0.05) is 12.1 Å². The number of anilines is 1. The number of hydrogen-bond donors (Lipinski definition) is 5. The van der Waals surface area contributed by atoms with E-state index in [2.05, 4.69) is 20.2 Å². The van der Waals surface area contributed by atoms with Gasteiger partial charge in [-0.15, -0.1) is 0 Å². The summed E-state index contributed by atoms with van der Waals surface area (Å²) < 4.78 is 25.5. The maximum absolute atomic E-state index is 13.9. The summed E-state index contributed by atoms with van der Waals surface area (Å²) in [6.07, 6.45) is 3.74. The zero-order chi connectivity index (χ0) is 29.3. The number of hydrogen-bond acceptors (Lipinski definition) is 7. The highest BCUT2D eigenvalue weighted by Crippen LogP contribution is 2.37. The number of nitrogens with one attached hydrogen (secondary N) is 3. The lowest BCUT2D eigenvalue weighted by Crippen LogP contribution is -2.52. The summed E-state index contributed by atoms with van der Waals surface area (Å²) in [5, 5.41) is 19.0. The van der Waals surface area contributed by atoms with Crippen molar-refractivity contribution in [2.75, 3.05) is 57.4 Å². The van der Waals surface area contributed by atoms with Crippen LogP contribution in [0.25, 0.3) is 11.3 Å². The molecule has 1 aromatic heterocycles. The molecule has 0 unspecified atom stereocenters. The molecule has 0 spiro atoms. The van der Waals surface area contributed by atoms with E-state index in [0.29, 0.717) is 76.6 Å². The topological polar surface area (TPSA) is 192 Å². The van der Waals surface area contributed by atoms with Crippen LogP contribution in [0.1, 0.15) is 31.1 Å². The predicted molar refractivity (Wildman–Crippen MR) is 153 cm³/mol. The van der Waals surface area contributed by atoms with Crippen molar-refractivity contribution < 1.29 is 23.1 Å². The van der Waals surface area contributed by atoms with E-state index in [1.807, 2.05) is 4.90 Å². The first-order valence-corrected chi connectivity index (χ1v) is 15.6. The van der Waals surface area contributed by atoms with Crippen LogP contribution in [0.15, 0.2) is 30.5 Å². The number of carboxylic acid groups (broad SMARTS) is 1. The number of aromatic amines is 1. The molecule has 2 amide bonds.